The molecule has 222 valence electrons. The molecule has 0 bridgehead atoms. The summed E-state index contributed by atoms with van der Waals surface area (Å²) in [6.07, 6.45) is 9.02. The van der Waals surface area contributed by atoms with E-state index in [2.05, 4.69) is 21.8 Å². The summed E-state index contributed by atoms with van der Waals surface area (Å²) >= 11 is 1.33. The van der Waals surface area contributed by atoms with Crippen molar-refractivity contribution in [2.24, 2.45) is 5.92 Å². The fourth-order valence-corrected chi connectivity index (χ4v) is 6.21. The van der Waals surface area contributed by atoms with Crippen molar-refractivity contribution in [3.8, 4) is 11.1 Å². The van der Waals surface area contributed by atoms with E-state index in [0.717, 1.165) is 47.3 Å². The normalized spacial score (nSPS) is 17.7. The Labute approximate surface area is 253 Å². The Hall–Kier alpha value is -4.31. The lowest BCUT2D eigenvalue weighted by Crippen LogP contribution is -2.39. The zero-order valence-corrected chi connectivity index (χ0v) is 24.8. The predicted octanol–water partition coefficient (Wildman–Crippen LogP) is 3.86. The average molecular weight is 599 g/mol. The number of aromatic nitrogens is 4. The fourth-order valence-electron chi connectivity index (χ4n) is 5.37. The van der Waals surface area contributed by atoms with Gasteiger partial charge in [0.25, 0.3) is 11.8 Å². The van der Waals surface area contributed by atoms with Crippen LogP contribution in [0, 0.1) is 17.2 Å². The summed E-state index contributed by atoms with van der Waals surface area (Å²) in [5.74, 6) is 0.227. The number of carbonyl (C=O) groups is 2. The second kappa shape index (κ2) is 12.5. The minimum Gasteiger partial charge on any atom is -0.395 e. The first-order chi connectivity index (χ1) is 20.9. The lowest BCUT2D eigenvalue weighted by molar-refractivity contribution is -0.127. The van der Waals surface area contributed by atoms with Crippen molar-refractivity contribution < 1.29 is 14.7 Å². The molecular weight excluding hydrogens is 564 g/mol. The number of nitriles is 1. The number of fused-ring (bicyclic) bond motifs is 1. The van der Waals surface area contributed by atoms with Gasteiger partial charge in [-0.2, -0.15) is 10.4 Å². The highest BCUT2D eigenvalue weighted by molar-refractivity contribution is 7.16. The largest absolute Gasteiger partial charge is 0.395 e. The van der Waals surface area contributed by atoms with Crippen molar-refractivity contribution in [1.82, 2.24) is 29.5 Å². The van der Waals surface area contributed by atoms with Crippen LogP contribution in [0.1, 0.15) is 47.8 Å². The van der Waals surface area contributed by atoms with Crippen molar-refractivity contribution in [1.29, 1.82) is 5.26 Å². The molecule has 1 aromatic carbocycles. The molecule has 4 aromatic rings. The average Bonchev–Trinajstić information content (AvgIpc) is 3.47. The van der Waals surface area contributed by atoms with Gasteiger partial charge in [0.15, 0.2) is 0 Å². The first-order valence-corrected chi connectivity index (χ1v) is 15.4. The molecule has 3 aromatic heterocycles. The number of nitrogens with one attached hydrogen (secondary N) is 2. The topological polar surface area (TPSA) is 141 Å². The molecule has 0 radical (unpaired) electrons. The number of aliphatic hydroxyl groups is 1. The molecular formula is C31H34N8O3S. The number of hydrogen-bond donors (Lipinski definition) is 3. The number of thiophene rings is 1. The van der Waals surface area contributed by atoms with E-state index in [9.17, 15) is 20.0 Å². The molecule has 2 aliphatic rings. The molecule has 1 aliphatic carbocycles. The van der Waals surface area contributed by atoms with Crippen LogP contribution in [0.5, 0.6) is 0 Å². The minimum atomic E-state index is -0.280. The van der Waals surface area contributed by atoms with E-state index in [1.807, 2.05) is 54.1 Å². The van der Waals surface area contributed by atoms with Gasteiger partial charge >= 0.3 is 0 Å². The highest BCUT2D eigenvalue weighted by Gasteiger charge is 2.33. The van der Waals surface area contributed by atoms with Crippen molar-refractivity contribution in [2.75, 3.05) is 18.5 Å². The third-order valence-corrected chi connectivity index (χ3v) is 8.99. The summed E-state index contributed by atoms with van der Waals surface area (Å²) in [5.41, 5.74) is 2.78. The van der Waals surface area contributed by atoms with Crippen LogP contribution in [0.3, 0.4) is 0 Å². The number of allylic oxidation sites excluding steroid dienone is 1. The van der Waals surface area contributed by atoms with Gasteiger partial charge in [0, 0.05) is 38.1 Å². The first kappa shape index (κ1) is 28.8. The van der Waals surface area contributed by atoms with Crippen LogP contribution in [-0.2, 0) is 17.9 Å². The van der Waals surface area contributed by atoms with E-state index in [-0.39, 0.29) is 36.1 Å². The van der Waals surface area contributed by atoms with Gasteiger partial charge in [0.2, 0.25) is 5.95 Å². The molecule has 2 atom stereocenters. The summed E-state index contributed by atoms with van der Waals surface area (Å²) in [6, 6.07) is 13.3. The third-order valence-electron chi connectivity index (χ3n) is 7.92. The summed E-state index contributed by atoms with van der Waals surface area (Å²) in [6.45, 7) is 3.54. The van der Waals surface area contributed by atoms with Crippen LogP contribution in [0.2, 0.25) is 0 Å². The Bertz CT molecular complexity index is 1700. The third kappa shape index (κ3) is 6.39. The van der Waals surface area contributed by atoms with Crippen molar-refractivity contribution >= 4 is 40.1 Å². The number of amides is 2. The monoisotopic (exact) mass is 598 g/mol. The quantitative estimate of drug-likeness (QED) is 0.176. The second-order valence-electron chi connectivity index (χ2n) is 11.2. The molecule has 6 rings (SSSR count). The maximum absolute atomic E-state index is 13.4. The first-order valence-electron chi connectivity index (χ1n) is 14.6. The highest BCUT2D eigenvalue weighted by atomic mass is 32.1. The molecule has 4 heterocycles. The van der Waals surface area contributed by atoms with Gasteiger partial charge in [-0.1, -0.05) is 12.1 Å². The summed E-state index contributed by atoms with van der Waals surface area (Å²) < 4.78 is 3.68. The number of rotatable bonds is 11. The summed E-state index contributed by atoms with van der Waals surface area (Å²) in [5, 5.41) is 30.4. The molecule has 0 unspecified atom stereocenters. The summed E-state index contributed by atoms with van der Waals surface area (Å²) in [4.78, 5) is 34.0. The van der Waals surface area contributed by atoms with E-state index < -0.39 is 0 Å². The molecule has 1 saturated heterocycles. The van der Waals surface area contributed by atoms with Crippen molar-refractivity contribution in [3.05, 3.63) is 70.9 Å². The molecule has 11 nitrogen and oxygen atoms in total. The van der Waals surface area contributed by atoms with Crippen LogP contribution in [0.25, 0.3) is 16.0 Å². The smallest absolute Gasteiger partial charge is 0.268 e. The zero-order chi connectivity index (χ0) is 29.9. The van der Waals surface area contributed by atoms with Gasteiger partial charge in [-0.15, -0.1) is 11.3 Å². The van der Waals surface area contributed by atoms with Gasteiger partial charge < -0.3 is 19.9 Å². The van der Waals surface area contributed by atoms with Crippen LogP contribution in [0.4, 0.5) is 5.95 Å². The molecule has 2 amide bonds. The number of likely N-dealkylation sites (tertiary alicyclic amines) is 1. The predicted molar refractivity (Wildman–Crippen MR) is 164 cm³/mol. The molecule has 0 spiro atoms. The Morgan fingerprint density at radius 1 is 1.26 bits per heavy atom. The van der Waals surface area contributed by atoms with Gasteiger partial charge in [0.1, 0.15) is 16.6 Å². The maximum atomic E-state index is 13.4. The van der Waals surface area contributed by atoms with E-state index in [1.165, 1.54) is 11.3 Å². The van der Waals surface area contributed by atoms with E-state index in [4.69, 9.17) is 4.98 Å². The number of anilines is 1. The van der Waals surface area contributed by atoms with Crippen LogP contribution in [-0.4, -0.2) is 66.4 Å². The van der Waals surface area contributed by atoms with Gasteiger partial charge in [0.05, 0.1) is 28.6 Å². The minimum absolute atomic E-state index is 0.0395. The highest BCUT2D eigenvalue weighted by Crippen LogP contribution is 2.33. The van der Waals surface area contributed by atoms with Crippen LogP contribution in [0.15, 0.2) is 60.4 Å². The van der Waals surface area contributed by atoms with E-state index >= 15 is 0 Å². The standard InChI is InChI=1S/C31H34N8O3S/c1-20(19-40)33-17-22-7-8-26-25(15-22)35-31(36-29(41)27-9-10-28(43-27)39-13-3-11-34-39)38(26)18-24-4-2-12-37(24)30(42)23(16-32)14-21-5-6-21/h3,7-11,13-15,20-21,24,33,40H,2,4-6,12,17-19H2,1H3,(H,35,36,41)/b23-14-/t20-,24-/m1/s1. The maximum Gasteiger partial charge on any atom is 0.268 e. The molecule has 2 fully saturated rings. The lowest BCUT2D eigenvalue weighted by atomic mass is 10.1. The fraction of sp³-hybridized carbons (Fsp3) is 0.387. The van der Waals surface area contributed by atoms with Gasteiger partial charge in [-0.25, -0.2) is 9.67 Å². The number of imidazole rings is 1. The second-order valence-corrected chi connectivity index (χ2v) is 12.3. The SMILES string of the molecule is C[C@H](CO)NCc1ccc2c(c1)nc(NC(=O)c1ccc(-n3cccn3)s1)n2C[C@H]1CCCN1C(=O)/C(C#N)=C\C1CC1. The molecule has 43 heavy (non-hydrogen) atoms. The number of benzene rings is 1. The Morgan fingerprint density at radius 2 is 2.12 bits per heavy atom. The Morgan fingerprint density at radius 3 is 2.86 bits per heavy atom. The van der Waals surface area contributed by atoms with Crippen LogP contribution < -0.4 is 10.6 Å². The van der Waals surface area contributed by atoms with Gasteiger partial charge in [-0.05, 0) is 74.4 Å². The van der Waals surface area contributed by atoms with Crippen LogP contribution >= 0.6 is 11.3 Å². The molecule has 1 saturated carbocycles. The Kier molecular flexibility index (Phi) is 8.38. The van der Waals surface area contributed by atoms with Crippen molar-refractivity contribution in [3.63, 3.8) is 0 Å². The Balaban J connectivity index is 1.29. The summed E-state index contributed by atoms with van der Waals surface area (Å²) in [7, 11) is 0. The molecule has 12 heteroatoms. The van der Waals surface area contributed by atoms with E-state index in [0.29, 0.717) is 36.4 Å². The zero-order valence-electron chi connectivity index (χ0n) is 23.9. The molecule has 1 aliphatic heterocycles. The van der Waals surface area contributed by atoms with E-state index in [1.54, 1.807) is 21.8 Å². The molecule has 3 N–H and O–H groups in total. The number of hydrogen-bond acceptors (Lipinski definition) is 8. The van der Waals surface area contributed by atoms with Gasteiger partial charge in [-0.3, -0.25) is 14.9 Å². The number of carbonyl (C=O) groups excluding carboxylic acids is 2. The number of aliphatic hydroxyl groups excluding tert-OH is 1. The number of nitrogens with zero attached hydrogens (tertiary/aromatic N) is 6. The van der Waals surface area contributed by atoms with Crippen molar-refractivity contribution in [2.45, 2.75) is 57.8 Å². The lowest BCUT2D eigenvalue weighted by Gasteiger charge is -2.26.